The number of aryl methyl sites for hydroxylation is 1. The third kappa shape index (κ3) is 7.45. The van der Waals surface area contributed by atoms with Crippen molar-refractivity contribution in [2.24, 2.45) is 18.4 Å². The summed E-state index contributed by atoms with van der Waals surface area (Å²) in [6, 6.07) is 12.5. The van der Waals surface area contributed by atoms with E-state index in [1.165, 1.54) is 17.2 Å². The van der Waals surface area contributed by atoms with Gasteiger partial charge >= 0.3 is 0 Å². The molecule has 0 radical (unpaired) electrons. The number of piperazine rings is 1. The first-order valence-corrected chi connectivity index (χ1v) is 19.2. The molecule has 1 saturated carbocycles. The van der Waals surface area contributed by atoms with E-state index in [4.69, 9.17) is 9.47 Å². The summed E-state index contributed by atoms with van der Waals surface area (Å²) in [6.07, 6.45) is 6.36. The summed E-state index contributed by atoms with van der Waals surface area (Å²) >= 11 is 0. The Hall–Kier alpha value is -4.46. The molecular weight excluding hydrogens is 682 g/mol. The SMILES string of the molecule is COc1cc(-c2cn(C)c(=O)c(C)c2C)cc(OC)c1CN1CCN(Cc2cccc3c2CCN(C(=O)/C(C#N)=C/C(C)(C)CF)C3C(C)C)CC12CC2. The summed E-state index contributed by atoms with van der Waals surface area (Å²) in [4.78, 5) is 33.4. The molecular formula is C44H56FN5O4. The molecule has 1 spiro atoms. The molecule has 2 aromatic carbocycles. The molecule has 1 unspecified atom stereocenters. The normalized spacial score (nSPS) is 18.8. The third-order valence-corrected chi connectivity index (χ3v) is 12.0. The zero-order chi connectivity index (χ0) is 39.1. The lowest BCUT2D eigenvalue weighted by atomic mass is 9.83. The van der Waals surface area contributed by atoms with Gasteiger partial charge in [0.1, 0.15) is 23.1 Å². The number of ether oxygens (including phenoxy) is 2. The summed E-state index contributed by atoms with van der Waals surface area (Å²) in [5.74, 6) is 1.37. The highest BCUT2D eigenvalue weighted by molar-refractivity contribution is 5.97. The van der Waals surface area contributed by atoms with Gasteiger partial charge in [0.05, 0.1) is 32.5 Å². The van der Waals surface area contributed by atoms with Crippen molar-refractivity contribution < 1.29 is 18.7 Å². The Morgan fingerprint density at radius 2 is 1.76 bits per heavy atom. The van der Waals surface area contributed by atoms with Crippen LogP contribution in [-0.4, -0.2) is 77.8 Å². The lowest BCUT2D eigenvalue weighted by molar-refractivity contribution is -0.130. The Morgan fingerprint density at radius 1 is 1.07 bits per heavy atom. The van der Waals surface area contributed by atoms with E-state index >= 15 is 0 Å². The predicted molar refractivity (Wildman–Crippen MR) is 210 cm³/mol. The molecule has 1 atom stereocenters. The van der Waals surface area contributed by atoms with Gasteiger partial charge in [-0.1, -0.05) is 52.0 Å². The van der Waals surface area contributed by atoms with E-state index in [1.54, 1.807) is 39.7 Å². The summed E-state index contributed by atoms with van der Waals surface area (Å²) in [5.41, 5.74) is 7.62. The molecule has 0 bridgehead atoms. The molecule has 3 aliphatic rings. The number of carbonyl (C=O) groups is 1. The fraction of sp³-hybridized carbons (Fsp3) is 0.523. The fourth-order valence-corrected chi connectivity index (χ4v) is 8.69. The molecule has 1 saturated heterocycles. The summed E-state index contributed by atoms with van der Waals surface area (Å²) in [5, 5.41) is 9.90. The zero-order valence-corrected chi connectivity index (χ0v) is 33.5. The van der Waals surface area contributed by atoms with Crippen molar-refractivity contribution in [3.8, 4) is 28.7 Å². The molecule has 1 aromatic heterocycles. The second-order valence-corrected chi connectivity index (χ2v) is 16.6. The van der Waals surface area contributed by atoms with Crippen LogP contribution in [0.5, 0.6) is 11.5 Å². The average molecular weight is 738 g/mol. The van der Waals surface area contributed by atoms with Gasteiger partial charge in [-0.05, 0) is 79.0 Å². The first-order chi connectivity index (χ1) is 25.7. The number of carbonyl (C=O) groups excluding carboxylic acids is 1. The largest absolute Gasteiger partial charge is 0.496 e. The van der Waals surface area contributed by atoms with Crippen LogP contribution in [0.25, 0.3) is 11.1 Å². The standard InChI is InChI=1S/C44H56FN5O4/c1-28(2)40-35-12-10-11-31(34(35)13-16-50(40)42(52)33(22-46)21-43(5,6)26-45)23-48-17-18-49(44(27-48)14-15-44)25-37-38(53-8)19-32(20-39(37)54-9)36-24-47(7)41(51)30(4)29(36)3/h10-12,19-21,24,28,40H,13-18,23,25-27H2,1-9H3/b33-21+. The fourth-order valence-electron chi connectivity index (χ4n) is 8.69. The van der Waals surface area contributed by atoms with Crippen LogP contribution in [0.1, 0.15) is 80.0 Å². The minimum Gasteiger partial charge on any atom is -0.496 e. The minimum atomic E-state index is -0.884. The number of methoxy groups -OCH3 is 2. The van der Waals surface area contributed by atoms with Gasteiger partial charge in [0, 0.05) is 74.6 Å². The Bertz CT molecular complexity index is 2030. The van der Waals surface area contributed by atoms with Crippen LogP contribution in [0.3, 0.4) is 0 Å². The number of nitriles is 1. The summed E-state index contributed by atoms with van der Waals surface area (Å²) in [7, 11) is 5.20. The van der Waals surface area contributed by atoms with Crippen molar-refractivity contribution >= 4 is 5.91 Å². The molecule has 2 fully saturated rings. The zero-order valence-electron chi connectivity index (χ0n) is 33.5. The smallest absolute Gasteiger partial charge is 0.264 e. The highest BCUT2D eigenvalue weighted by Gasteiger charge is 2.51. The van der Waals surface area contributed by atoms with Crippen molar-refractivity contribution in [3.05, 3.63) is 91.9 Å². The lowest BCUT2D eigenvalue weighted by Crippen LogP contribution is -2.54. The van der Waals surface area contributed by atoms with Crippen LogP contribution in [0, 0.1) is 36.5 Å². The number of hydrogen-bond acceptors (Lipinski definition) is 7. The van der Waals surface area contributed by atoms with E-state index in [0.717, 1.165) is 83.9 Å². The van der Waals surface area contributed by atoms with E-state index in [1.807, 2.05) is 24.9 Å². The molecule has 1 aliphatic carbocycles. The van der Waals surface area contributed by atoms with Gasteiger partial charge in [-0.2, -0.15) is 5.26 Å². The van der Waals surface area contributed by atoms with Crippen molar-refractivity contribution in [2.45, 2.75) is 85.5 Å². The van der Waals surface area contributed by atoms with Crippen molar-refractivity contribution in [3.63, 3.8) is 0 Å². The number of rotatable bonds is 11. The number of pyridine rings is 1. The Morgan fingerprint density at radius 3 is 2.35 bits per heavy atom. The van der Waals surface area contributed by atoms with Gasteiger partial charge in [0.15, 0.2) is 0 Å². The van der Waals surface area contributed by atoms with Crippen LogP contribution < -0.4 is 15.0 Å². The Kier molecular flexibility index (Phi) is 11.2. The van der Waals surface area contributed by atoms with Crippen LogP contribution in [0.2, 0.25) is 0 Å². The van der Waals surface area contributed by atoms with E-state index in [-0.39, 0.29) is 34.5 Å². The first-order valence-electron chi connectivity index (χ1n) is 19.2. The number of nitrogens with zero attached hydrogens (tertiary/aromatic N) is 5. The molecule has 3 heterocycles. The van der Waals surface area contributed by atoms with Gasteiger partial charge in [-0.15, -0.1) is 0 Å². The van der Waals surface area contributed by atoms with E-state index in [0.29, 0.717) is 19.5 Å². The maximum atomic E-state index is 13.8. The van der Waals surface area contributed by atoms with Crippen LogP contribution in [0.4, 0.5) is 4.39 Å². The highest BCUT2D eigenvalue weighted by atomic mass is 19.1. The second kappa shape index (κ2) is 15.3. The van der Waals surface area contributed by atoms with Gasteiger partial charge in [0.2, 0.25) is 0 Å². The number of hydrogen-bond donors (Lipinski definition) is 0. The minimum absolute atomic E-state index is 0.00513. The molecule has 54 heavy (non-hydrogen) atoms. The number of alkyl halides is 1. The van der Waals surface area contributed by atoms with Gasteiger partial charge in [0.25, 0.3) is 11.5 Å². The van der Waals surface area contributed by atoms with Crippen LogP contribution in [-0.2, 0) is 31.4 Å². The van der Waals surface area contributed by atoms with Gasteiger partial charge in [-0.25, -0.2) is 0 Å². The number of fused-ring (bicyclic) bond motifs is 1. The Balaban J connectivity index is 1.21. The van der Waals surface area contributed by atoms with E-state index in [9.17, 15) is 19.2 Å². The highest BCUT2D eigenvalue weighted by Crippen LogP contribution is 2.47. The van der Waals surface area contributed by atoms with Crippen molar-refractivity contribution in [1.29, 1.82) is 5.26 Å². The van der Waals surface area contributed by atoms with E-state index in [2.05, 4.69) is 60.0 Å². The predicted octanol–water partition coefficient (Wildman–Crippen LogP) is 7.06. The average Bonchev–Trinajstić information content (AvgIpc) is 3.93. The Labute approximate surface area is 320 Å². The molecule has 1 amide bonds. The van der Waals surface area contributed by atoms with Gasteiger partial charge in [-0.3, -0.25) is 23.8 Å². The third-order valence-electron chi connectivity index (χ3n) is 12.0. The molecule has 2 aliphatic heterocycles. The second-order valence-electron chi connectivity index (χ2n) is 16.6. The quantitative estimate of drug-likeness (QED) is 0.154. The van der Waals surface area contributed by atoms with Crippen molar-refractivity contribution in [2.75, 3.05) is 47.1 Å². The number of benzene rings is 2. The topological polar surface area (TPSA) is 91.0 Å². The van der Waals surface area contributed by atoms with Gasteiger partial charge < -0.3 is 18.9 Å². The molecule has 3 aromatic rings. The number of aromatic nitrogens is 1. The summed E-state index contributed by atoms with van der Waals surface area (Å²) in [6.45, 7) is 15.7. The number of halogens is 1. The molecule has 6 rings (SSSR count). The summed E-state index contributed by atoms with van der Waals surface area (Å²) < 4.78 is 27.3. The monoisotopic (exact) mass is 737 g/mol. The molecule has 0 N–H and O–H groups in total. The number of amides is 1. The maximum absolute atomic E-state index is 13.8. The maximum Gasteiger partial charge on any atom is 0.264 e. The van der Waals surface area contributed by atoms with Crippen molar-refractivity contribution in [1.82, 2.24) is 19.3 Å². The van der Waals surface area contributed by atoms with Crippen LogP contribution in [0.15, 0.2) is 53.0 Å². The number of allylic oxidation sites excluding steroid dienone is 1. The molecule has 9 nitrogen and oxygen atoms in total. The van der Waals surface area contributed by atoms with Crippen LogP contribution >= 0.6 is 0 Å². The first kappa shape index (κ1) is 39.2. The van der Waals surface area contributed by atoms with E-state index < -0.39 is 12.1 Å². The lowest BCUT2D eigenvalue weighted by Gasteiger charge is -2.44. The molecule has 288 valence electrons. The molecule has 10 heteroatoms.